The number of phenols is 1. The van der Waals surface area contributed by atoms with E-state index in [2.05, 4.69) is 0 Å². The third kappa shape index (κ3) is 2.57. The van der Waals surface area contributed by atoms with E-state index in [-0.39, 0.29) is 18.3 Å². The highest BCUT2D eigenvalue weighted by Crippen LogP contribution is 2.47. The van der Waals surface area contributed by atoms with Gasteiger partial charge in [-0.2, -0.15) is 0 Å². The summed E-state index contributed by atoms with van der Waals surface area (Å²) < 4.78 is 13.4. The van der Waals surface area contributed by atoms with Crippen LogP contribution in [-0.4, -0.2) is 16.2 Å². The summed E-state index contributed by atoms with van der Waals surface area (Å²) in [5.74, 6) is -1.99. The van der Waals surface area contributed by atoms with Crippen LogP contribution in [0.15, 0.2) is 12.1 Å². The van der Waals surface area contributed by atoms with Crippen molar-refractivity contribution in [3.8, 4) is 5.75 Å². The Balaban J connectivity index is 2.38. The maximum absolute atomic E-state index is 13.4. The molecule has 0 bridgehead atoms. The lowest BCUT2D eigenvalue weighted by Gasteiger charge is -2.17. The Kier molecular flexibility index (Phi) is 3.05. The SMILES string of the molecule is Cc1cc(F)c(O)c(C(CC(=O)O)C2CC2)c1. The second-order valence-corrected chi connectivity index (χ2v) is 4.73. The second kappa shape index (κ2) is 4.35. The largest absolute Gasteiger partial charge is 0.505 e. The molecule has 4 heteroatoms. The molecule has 1 atom stereocenters. The number of halogens is 1. The van der Waals surface area contributed by atoms with Crippen LogP contribution in [0.25, 0.3) is 0 Å². The van der Waals surface area contributed by atoms with E-state index in [0.717, 1.165) is 12.8 Å². The van der Waals surface area contributed by atoms with Crippen molar-refractivity contribution in [2.24, 2.45) is 5.92 Å². The van der Waals surface area contributed by atoms with Crippen LogP contribution in [0, 0.1) is 18.7 Å². The number of rotatable bonds is 4. The minimum absolute atomic E-state index is 0.0544. The third-order valence-electron chi connectivity index (χ3n) is 3.22. The number of benzene rings is 1. The molecular formula is C13H15FO3. The molecule has 0 radical (unpaired) electrons. The van der Waals surface area contributed by atoms with Crippen molar-refractivity contribution in [1.29, 1.82) is 0 Å². The van der Waals surface area contributed by atoms with Gasteiger partial charge in [-0.3, -0.25) is 4.79 Å². The van der Waals surface area contributed by atoms with Crippen molar-refractivity contribution >= 4 is 5.97 Å². The predicted octanol–water partition coefficient (Wildman–Crippen LogP) is 2.81. The van der Waals surface area contributed by atoms with Crippen molar-refractivity contribution in [3.63, 3.8) is 0 Å². The number of aromatic hydroxyl groups is 1. The fourth-order valence-electron chi connectivity index (χ4n) is 2.26. The Morgan fingerprint density at radius 2 is 2.18 bits per heavy atom. The first kappa shape index (κ1) is 11.9. The van der Waals surface area contributed by atoms with Gasteiger partial charge in [-0.25, -0.2) is 4.39 Å². The lowest BCUT2D eigenvalue weighted by atomic mass is 9.89. The highest BCUT2D eigenvalue weighted by molar-refractivity contribution is 5.68. The summed E-state index contributed by atoms with van der Waals surface area (Å²) in [7, 11) is 0. The Morgan fingerprint density at radius 3 is 2.71 bits per heavy atom. The summed E-state index contributed by atoms with van der Waals surface area (Å²) in [6, 6.07) is 2.94. The molecule has 0 heterocycles. The summed E-state index contributed by atoms with van der Waals surface area (Å²) >= 11 is 0. The lowest BCUT2D eigenvalue weighted by Crippen LogP contribution is -2.09. The van der Waals surface area contributed by atoms with Gasteiger partial charge in [0.2, 0.25) is 0 Å². The van der Waals surface area contributed by atoms with Crippen LogP contribution >= 0.6 is 0 Å². The fraction of sp³-hybridized carbons (Fsp3) is 0.462. The molecule has 1 fully saturated rings. The maximum atomic E-state index is 13.4. The smallest absolute Gasteiger partial charge is 0.303 e. The third-order valence-corrected chi connectivity index (χ3v) is 3.22. The van der Waals surface area contributed by atoms with Crippen LogP contribution in [0.1, 0.15) is 36.3 Å². The van der Waals surface area contributed by atoms with Crippen molar-refractivity contribution in [1.82, 2.24) is 0 Å². The summed E-state index contributed by atoms with van der Waals surface area (Å²) in [5, 5.41) is 18.6. The first-order chi connectivity index (χ1) is 7.99. The zero-order chi connectivity index (χ0) is 12.6. The van der Waals surface area contributed by atoms with E-state index in [1.807, 2.05) is 0 Å². The van der Waals surface area contributed by atoms with Gasteiger partial charge in [0.05, 0.1) is 6.42 Å². The topological polar surface area (TPSA) is 57.5 Å². The quantitative estimate of drug-likeness (QED) is 0.848. The Hall–Kier alpha value is -1.58. The molecule has 1 aliphatic rings. The average molecular weight is 238 g/mol. The highest BCUT2D eigenvalue weighted by Gasteiger charge is 2.35. The van der Waals surface area contributed by atoms with E-state index in [4.69, 9.17) is 5.11 Å². The number of aliphatic carboxylic acids is 1. The monoisotopic (exact) mass is 238 g/mol. The molecule has 0 spiro atoms. The van der Waals surface area contributed by atoms with Gasteiger partial charge in [0, 0.05) is 11.5 Å². The molecule has 0 amide bonds. The molecular weight excluding hydrogens is 223 g/mol. The van der Waals surface area contributed by atoms with E-state index >= 15 is 0 Å². The number of carboxylic acids is 1. The van der Waals surface area contributed by atoms with E-state index in [0.29, 0.717) is 11.1 Å². The number of carboxylic acid groups (broad SMARTS) is 1. The van der Waals surface area contributed by atoms with Crippen LogP contribution < -0.4 is 0 Å². The molecule has 3 nitrogen and oxygen atoms in total. The zero-order valence-electron chi connectivity index (χ0n) is 9.61. The number of phenolic OH excluding ortho intramolecular Hbond substituents is 1. The molecule has 0 saturated heterocycles. The zero-order valence-corrected chi connectivity index (χ0v) is 9.61. The standard InChI is InChI=1S/C13H15FO3/c1-7-4-10(13(17)11(14)5-7)9(6-12(15)16)8-2-3-8/h4-5,8-9,17H,2-3,6H2,1H3,(H,15,16). The average Bonchev–Trinajstić information content (AvgIpc) is 3.03. The minimum Gasteiger partial charge on any atom is -0.505 e. The van der Waals surface area contributed by atoms with Crippen molar-refractivity contribution < 1.29 is 19.4 Å². The molecule has 0 aliphatic heterocycles. The van der Waals surface area contributed by atoms with Crippen molar-refractivity contribution in [2.45, 2.75) is 32.1 Å². The number of aryl methyl sites for hydroxylation is 1. The molecule has 92 valence electrons. The summed E-state index contributed by atoms with van der Waals surface area (Å²) in [4.78, 5) is 10.8. The molecule has 1 aromatic carbocycles. The molecule has 1 saturated carbocycles. The Labute approximate surface area is 98.9 Å². The maximum Gasteiger partial charge on any atom is 0.303 e. The number of hydrogen-bond donors (Lipinski definition) is 2. The van der Waals surface area contributed by atoms with E-state index < -0.39 is 17.5 Å². The van der Waals surface area contributed by atoms with Crippen molar-refractivity contribution in [3.05, 3.63) is 29.1 Å². The fourth-order valence-corrected chi connectivity index (χ4v) is 2.26. The first-order valence-electron chi connectivity index (χ1n) is 5.70. The summed E-state index contributed by atoms with van der Waals surface area (Å²) in [6.07, 6.45) is 1.85. The normalized spacial score (nSPS) is 16.8. The van der Waals surface area contributed by atoms with Crippen LogP contribution in [-0.2, 0) is 4.79 Å². The molecule has 2 N–H and O–H groups in total. The van der Waals surface area contributed by atoms with Gasteiger partial charge in [0.25, 0.3) is 0 Å². The van der Waals surface area contributed by atoms with Crippen LogP contribution in [0.5, 0.6) is 5.75 Å². The van der Waals surface area contributed by atoms with Crippen LogP contribution in [0.2, 0.25) is 0 Å². The molecule has 0 aromatic heterocycles. The predicted molar refractivity (Wildman–Crippen MR) is 60.5 cm³/mol. The molecule has 17 heavy (non-hydrogen) atoms. The number of hydrogen-bond acceptors (Lipinski definition) is 2. The van der Waals surface area contributed by atoms with E-state index in [1.165, 1.54) is 6.07 Å². The molecule has 2 rings (SSSR count). The van der Waals surface area contributed by atoms with Gasteiger partial charge in [0.15, 0.2) is 11.6 Å². The van der Waals surface area contributed by atoms with Gasteiger partial charge in [0.1, 0.15) is 0 Å². The Morgan fingerprint density at radius 1 is 1.53 bits per heavy atom. The van der Waals surface area contributed by atoms with E-state index in [1.54, 1.807) is 13.0 Å². The lowest BCUT2D eigenvalue weighted by molar-refractivity contribution is -0.137. The van der Waals surface area contributed by atoms with Gasteiger partial charge >= 0.3 is 5.97 Å². The minimum atomic E-state index is -0.914. The Bertz CT molecular complexity index is 452. The van der Waals surface area contributed by atoms with Crippen LogP contribution in [0.4, 0.5) is 4.39 Å². The van der Waals surface area contributed by atoms with E-state index in [9.17, 15) is 14.3 Å². The number of carbonyl (C=O) groups is 1. The van der Waals surface area contributed by atoms with Crippen molar-refractivity contribution in [2.75, 3.05) is 0 Å². The summed E-state index contributed by atoms with van der Waals surface area (Å²) in [5.41, 5.74) is 1.14. The molecule has 1 unspecified atom stereocenters. The first-order valence-corrected chi connectivity index (χ1v) is 5.70. The molecule has 1 aliphatic carbocycles. The molecule has 1 aromatic rings. The summed E-state index contributed by atoms with van der Waals surface area (Å²) in [6.45, 7) is 1.73. The van der Waals surface area contributed by atoms with Gasteiger partial charge in [-0.05, 0) is 37.3 Å². The van der Waals surface area contributed by atoms with Crippen LogP contribution in [0.3, 0.4) is 0 Å². The van der Waals surface area contributed by atoms with Gasteiger partial charge in [-0.1, -0.05) is 6.07 Å². The highest BCUT2D eigenvalue weighted by atomic mass is 19.1. The van der Waals surface area contributed by atoms with Gasteiger partial charge in [-0.15, -0.1) is 0 Å². The second-order valence-electron chi connectivity index (χ2n) is 4.73. The van der Waals surface area contributed by atoms with Gasteiger partial charge < -0.3 is 10.2 Å².